The van der Waals surface area contributed by atoms with Gasteiger partial charge in [0.05, 0.1) is 6.61 Å². The van der Waals surface area contributed by atoms with Gasteiger partial charge in [-0.2, -0.15) is 0 Å². The Morgan fingerprint density at radius 3 is 2.62 bits per heavy atom. The summed E-state index contributed by atoms with van der Waals surface area (Å²) in [6, 6.07) is 9.93. The molecular weight excluding hydrogens is 266 g/mol. The summed E-state index contributed by atoms with van der Waals surface area (Å²) in [7, 11) is 0. The summed E-state index contributed by atoms with van der Waals surface area (Å²) in [5.41, 5.74) is 0.948. The molecule has 0 aliphatic carbocycles. The summed E-state index contributed by atoms with van der Waals surface area (Å²) in [6.07, 6.45) is 3.32. The number of nitrogens with zero attached hydrogens (tertiary/aromatic N) is 3. The van der Waals surface area contributed by atoms with Crippen molar-refractivity contribution in [3.8, 4) is 0 Å². The third kappa shape index (κ3) is 3.70. The number of hydrogen-bond donors (Lipinski definition) is 1. The van der Waals surface area contributed by atoms with E-state index in [1.807, 2.05) is 49.1 Å². The lowest BCUT2D eigenvalue weighted by molar-refractivity contribution is 0.301. The van der Waals surface area contributed by atoms with Crippen LogP contribution in [0.25, 0.3) is 0 Å². The lowest BCUT2D eigenvalue weighted by atomic mass is 10.2. The highest BCUT2D eigenvalue weighted by Gasteiger charge is 2.15. The zero-order chi connectivity index (χ0) is 15.2. The standard InChI is InChI=1S/C16H21N3O2/c1-13(2)19-9-8-17-15(16(19)21)18(10-11-20)12-14-6-4-3-5-7-14/h3-9,13,20H,10-12H2,1-2H3. The van der Waals surface area contributed by atoms with Crippen molar-refractivity contribution in [2.45, 2.75) is 26.4 Å². The quantitative estimate of drug-likeness (QED) is 0.880. The average molecular weight is 287 g/mol. The predicted octanol–water partition coefficient (Wildman–Crippen LogP) is 1.82. The van der Waals surface area contributed by atoms with Crippen molar-refractivity contribution in [1.82, 2.24) is 9.55 Å². The van der Waals surface area contributed by atoms with Crippen LogP contribution in [0.3, 0.4) is 0 Å². The lowest BCUT2D eigenvalue weighted by Gasteiger charge is -2.23. The molecule has 1 heterocycles. The van der Waals surface area contributed by atoms with E-state index in [9.17, 15) is 9.90 Å². The number of rotatable bonds is 6. The Labute approximate surface area is 124 Å². The molecule has 21 heavy (non-hydrogen) atoms. The Bertz CT molecular complexity index is 623. The molecular formula is C16H21N3O2. The molecule has 2 rings (SSSR count). The first-order valence-electron chi connectivity index (χ1n) is 7.10. The van der Waals surface area contributed by atoms with Gasteiger partial charge in [0.1, 0.15) is 0 Å². The monoisotopic (exact) mass is 287 g/mol. The van der Waals surface area contributed by atoms with Crippen LogP contribution < -0.4 is 10.5 Å². The van der Waals surface area contributed by atoms with Crippen molar-refractivity contribution < 1.29 is 5.11 Å². The van der Waals surface area contributed by atoms with E-state index >= 15 is 0 Å². The minimum absolute atomic E-state index is 0.0233. The lowest BCUT2D eigenvalue weighted by Crippen LogP contribution is -2.35. The maximum Gasteiger partial charge on any atom is 0.293 e. The van der Waals surface area contributed by atoms with Gasteiger partial charge in [-0.25, -0.2) is 4.98 Å². The molecule has 0 saturated heterocycles. The molecule has 5 heteroatoms. The van der Waals surface area contributed by atoms with Crippen LogP contribution in [0.5, 0.6) is 0 Å². The van der Waals surface area contributed by atoms with E-state index in [4.69, 9.17) is 0 Å². The van der Waals surface area contributed by atoms with Crippen molar-refractivity contribution in [3.63, 3.8) is 0 Å². The SMILES string of the molecule is CC(C)n1ccnc(N(CCO)Cc2ccccc2)c1=O. The normalized spacial score (nSPS) is 10.9. The Balaban J connectivity index is 2.34. The van der Waals surface area contributed by atoms with Gasteiger partial charge < -0.3 is 14.6 Å². The molecule has 0 spiro atoms. The summed E-state index contributed by atoms with van der Waals surface area (Å²) < 4.78 is 1.65. The Hall–Kier alpha value is -2.14. The highest BCUT2D eigenvalue weighted by Crippen LogP contribution is 2.11. The van der Waals surface area contributed by atoms with Crippen LogP contribution in [0.1, 0.15) is 25.5 Å². The highest BCUT2D eigenvalue weighted by atomic mass is 16.3. The number of benzene rings is 1. The van der Waals surface area contributed by atoms with Crippen molar-refractivity contribution in [2.75, 3.05) is 18.1 Å². The first kappa shape index (κ1) is 15.3. The van der Waals surface area contributed by atoms with Gasteiger partial charge in [0, 0.05) is 31.5 Å². The van der Waals surface area contributed by atoms with Gasteiger partial charge in [-0.05, 0) is 19.4 Å². The van der Waals surface area contributed by atoms with Crippen LogP contribution in [-0.4, -0.2) is 27.8 Å². The number of aliphatic hydroxyl groups excluding tert-OH is 1. The van der Waals surface area contributed by atoms with Crippen LogP contribution in [0.4, 0.5) is 5.82 Å². The van der Waals surface area contributed by atoms with Gasteiger partial charge in [0.2, 0.25) is 0 Å². The van der Waals surface area contributed by atoms with E-state index in [-0.39, 0.29) is 18.2 Å². The topological polar surface area (TPSA) is 58.4 Å². The zero-order valence-corrected chi connectivity index (χ0v) is 12.4. The largest absolute Gasteiger partial charge is 0.395 e. The molecule has 0 radical (unpaired) electrons. The van der Waals surface area contributed by atoms with Gasteiger partial charge in [0.15, 0.2) is 5.82 Å². The van der Waals surface area contributed by atoms with Crippen LogP contribution >= 0.6 is 0 Å². The molecule has 0 saturated carbocycles. The third-order valence-electron chi connectivity index (χ3n) is 3.29. The number of hydrogen-bond acceptors (Lipinski definition) is 4. The Kier molecular flexibility index (Phi) is 5.11. The Morgan fingerprint density at radius 2 is 2.00 bits per heavy atom. The molecule has 2 aromatic rings. The first-order chi connectivity index (χ1) is 10.1. The summed E-state index contributed by atoms with van der Waals surface area (Å²) in [4.78, 5) is 18.5. The van der Waals surface area contributed by atoms with Crippen LogP contribution in [-0.2, 0) is 6.54 Å². The number of aromatic nitrogens is 2. The molecule has 0 bridgehead atoms. The molecule has 5 nitrogen and oxygen atoms in total. The van der Waals surface area contributed by atoms with E-state index in [0.29, 0.717) is 18.9 Å². The summed E-state index contributed by atoms with van der Waals surface area (Å²) in [5.74, 6) is 0.379. The number of aliphatic hydroxyl groups is 1. The molecule has 112 valence electrons. The second-order valence-electron chi connectivity index (χ2n) is 5.19. The smallest absolute Gasteiger partial charge is 0.293 e. The fourth-order valence-electron chi connectivity index (χ4n) is 2.22. The van der Waals surface area contributed by atoms with Gasteiger partial charge >= 0.3 is 0 Å². The minimum atomic E-state index is -0.128. The molecule has 1 aromatic heterocycles. The summed E-state index contributed by atoms with van der Waals surface area (Å²) in [5, 5.41) is 9.27. The van der Waals surface area contributed by atoms with Gasteiger partial charge in [-0.1, -0.05) is 30.3 Å². The highest BCUT2D eigenvalue weighted by molar-refractivity contribution is 5.37. The zero-order valence-electron chi connectivity index (χ0n) is 12.4. The molecule has 0 fully saturated rings. The summed E-state index contributed by atoms with van der Waals surface area (Å²) >= 11 is 0. The number of anilines is 1. The summed E-state index contributed by atoms with van der Waals surface area (Å²) in [6.45, 7) is 4.81. The maximum atomic E-state index is 12.5. The van der Waals surface area contributed by atoms with Gasteiger partial charge in [-0.15, -0.1) is 0 Å². The van der Waals surface area contributed by atoms with Crippen molar-refractivity contribution in [1.29, 1.82) is 0 Å². The minimum Gasteiger partial charge on any atom is -0.395 e. The van der Waals surface area contributed by atoms with E-state index in [2.05, 4.69) is 4.98 Å². The molecule has 1 aromatic carbocycles. The predicted molar refractivity (Wildman–Crippen MR) is 83.5 cm³/mol. The van der Waals surface area contributed by atoms with Crippen LogP contribution in [0.2, 0.25) is 0 Å². The van der Waals surface area contributed by atoms with Crippen LogP contribution in [0, 0.1) is 0 Å². The second kappa shape index (κ2) is 7.04. The fraction of sp³-hybridized carbons (Fsp3) is 0.375. The van der Waals surface area contributed by atoms with Crippen LogP contribution in [0.15, 0.2) is 47.5 Å². The molecule has 0 aliphatic heterocycles. The van der Waals surface area contributed by atoms with E-state index in [1.54, 1.807) is 17.0 Å². The van der Waals surface area contributed by atoms with Crippen molar-refractivity contribution >= 4 is 5.82 Å². The third-order valence-corrected chi connectivity index (χ3v) is 3.29. The first-order valence-corrected chi connectivity index (χ1v) is 7.10. The average Bonchev–Trinajstić information content (AvgIpc) is 2.48. The van der Waals surface area contributed by atoms with E-state index in [0.717, 1.165) is 5.56 Å². The molecule has 1 N–H and O–H groups in total. The second-order valence-corrected chi connectivity index (χ2v) is 5.19. The molecule has 0 unspecified atom stereocenters. The Morgan fingerprint density at radius 1 is 1.29 bits per heavy atom. The van der Waals surface area contributed by atoms with Gasteiger partial charge in [0.25, 0.3) is 5.56 Å². The van der Waals surface area contributed by atoms with E-state index < -0.39 is 0 Å². The van der Waals surface area contributed by atoms with Crippen molar-refractivity contribution in [2.24, 2.45) is 0 Å². The maximum absolute atomic E-state index is 12.5. The molecule has 0 amide bonds. The fourth-order valence-corrected chi connectivity index (χ4v) is 2.22. The molecule has 0 atom stereocenters. The van der Waals surface area contributed by atoms with Crippen molar-refractivity contribution in [3.05, 3.63) is 58.6 Å². The van der Waals surface area contributed by atoms with E-state index in [1.165, 1.54) is 0 Å². The van der Waals surface area contributed by atoms with Gasteiger partial charge in [-0.3, -0.25) is 4.79 Å². The molecule has 0 aliphatic rings.